The lowest BCUT2D eigenvalue weighted by atomic mass is 9.93. The molecule has 6 nitrogen and oxygen atoms in total. The Morgan fingerprint density at radius 2 is 1.71 bits per heavy atom. The number of rotatable bonds is 14. The molecule has 0 aliphatic carbocycles. The van der Waals surface area contributed by atoms with Crippen molar-refractivity contribution < 1.29 is 32.2 Å². The van der Waals surface area contributed by atoms with E-state index in [1.807, 2.05) is 12.1 Å². The zero-order valence-electron chi connectivity index (χ0n) is 23.7. The van der Waals surface area contributed by atoms with E-state index < -0.39 is 12.8 Å². The maximum atomic E-state index is 12.5. The number of esters is 1. The molecule has 0 amide bonds. The maximum Gasteiger partial charge on any atom is 0.422 e. The third-order valence-corrected chi connectivity index (χ3v) is 7.07. The summed E-state index contributed by atoms with van der Waals surface area (Å²) in [5, 5.41) is 9.90. The van der Waals surface area contributed by atoms with Gasteiger partial charge in [-0.05, 0) is 79.5 Å². The summed E-state index contributed by atoms with van der Waals surface area (Å²) in [4.78, 5) is 14.4. The van der Waals surface area contributed by atoms with Crippen molar-refractivity contribution in [3.63, 3.8) is 0 Å². The van der Waals surface area contributed by atoms with Crippen LogP contribution in [-0.4, -0.2) is 45.1 Å². The summed E-state index contributed by atoms with van der Waals surface area (Å²) in [5.41, 5.74) is 4.44. The molecule has 1 aliphatic rings. The van der Waals surface area contributed by atoms with Crippen LogP contribution in [0.15, 0.2) is 66.7 Å². The predicted molar refractivity (Wildman–Crippen MR) is 154 cm³/mol. The van der Waals surface area contributed by atoms with E-state index in [1.165, 1.54) is 6.07 Å². The second-order valence-corrected chi connectivity index (χ2v) is 10.5. The number of para-hydroxylation sites is 2. The highest BCUT2D eigenvalue weighted by Crippen LogP contribution is 2.34. The molecule has 0 aromatic heterocycles. The van der Waals surface area contributed by atoms with Gasteiger partial charge in [-0.3, -0.25) is 0 Å². The Morgan fingerprint density at radius 1 is 1.00 bits per heavy atom. The molecule has 0 saturated carbocycles. The lowest BCUT2D eigenvalue weighted by Crippen LogP contribution is -2.24. The van der Waals surface area contributed by atoms with Gasteiger partial charge in [-0.2, -0.15) is 18.4 Å². The predicted octanol–water partition coefficient (Wildman–Crippen LogP) is 7.15. The van der Waals surface area contributed by atoms with Gasteiger partial charge >= 0.3 is 12.1 Å². The van der Waals surface area contributed by atoms with Crippen LogP contribution in [0.5, 0.6) is 11.5 Å². The summed E-state index contributed by atoms with van der Waals surface area (Å²) in [5.74, 6) is 0.366. The molecular weight excluding hydrogens is 545 g/mol. The van der Waals surface area contributed by atoms with E-state index in [2.05, 4.69) is 24.0 Å². The zero-order chi connectivity index (χ0) is 30.0. The Bertz CT molecular complexity index is 1370. The fourth-order valence-electron chi connectivity index (χ4n) is 5.16. The second-order valence-electron chi connectivity index (χ2n) is 10.5. The average molecular weight is 581 g/mol. The fraction of sp³-hybridized carbons (Fsp3) is 0.394. The first-order valence-corrected chi connectivity index (χ1v) is 14.2. The summed E-state index contributed by atoms with van der Waals surface area (Å²) in [6, 6.07) is 21.8. The Hall–Kier alpha value is -4.19. The van der Waals surface area contributed by atoms with E-state index in [9.17, 15) is 23.2 Å². The quantitative estimate of drug-likeness (QED) is 0.149. The van der Waals surface area contributed by atoms with E-state index in [0.717, 1.165) is 49.0 Å². The van der Waals surface area contributed by atoms with Crippen molar-refractivity contribution in [2.24, 2.45) is 5.92 Å². The third kappa shape index (κ3) is 8.90. The number of ether oxygens (including phenoxy) is 3. The van der Waals surface area contributed by atoms with Crippen molar-refractivity contribution >= 4 is 11.7 Å². The van der Waals surface area contributed by atoms with Crippen molar-refractivity contribution in [1.82, 2.24) is 0 Å². The van der Waals surface area contributed by atoms with Gasteiger partial charge in [0.15, 0.2) is 18.1 Å². The van der Waals surface area contributed by atoms with Gasteiger partial charge in [0.1, 0.15) is 6.07 Å². The van der Waals surface area contributed by atoms with Crippen LogP contribution >= 0.6 is 0 Å². The summed E-state index contributed by atoms with van der Waals surface area (Å²) >= 11 is 0. The number of benzene rings is 3. The maximum absolute atomic E-state index is 12.5. The topological polar surface area (TPSA) is 71.8 Å². The van der Waals surface area contributed by atoms with E-state index >= 15 is 0 Å². The number of nitrogens with zero attached hydrogens (tertiary/aromatic N) is 2. The standard InChI is InChI=1S/C33H35F3N2O4/c1-24(9-7-17-40-29-12-5-6-13-30(29)42-23-33(34,35)36)19-25-20-27-14-16-38(31(27)28(21-25)22-37)15-8-18-41-32(39)26-10-3-2-4-11-26/h2-6,10-13,20-21,24H,7-9,14-19,23H2,1H3/t24-/m0/s1. The molecule has 0 bridgehead atoms. The van der Waals surface area contributed by atoms with Crippen LogP contribution in [-0.2, 0) is 17.6 Å². The molecule has 0 saturated heterocycles. The Balaban J connectivity index is 1.23. The molecule has 0 fully saturated rings. The normalized spacial score (nSPS) is 13.3. The van der Waals surface area contributed by atoms with Gasteiger partial charge in [0.25, 0.3) is 0 Å². The minimum Gasteiger partial charge on any atom is -0.490 e. The van der Waals surface area contributed by atoms with E-state index in [4.69, 9.17) is 14.2 Å². The van der Waals surface area contributed by atoms with Crippen LogP contribution < -0.4 is 14.4 Å². The Labute approximate surface area is 244 Å². The van der Waals surface area contributed by atoms with Gasteiger partial charge in [0.05, 0.1) is 30.0 Å². The van der Waals surface area contributed by atoms with Gasteiger partial charge in [0, 0.05) is 13.1 Å². The molecule has 0 radical (unpaired) electrons. The van der Waals surface area contributed by atoms with Crippen LogP contribution in [0.2, 0.25) is 0 Å². The first kappa shape index (κ1) is 30.8. The molecular formula is C33H35F3N2O4. The smallest absolute Gasteiger partial charge is 0.422 e. The summed E-state index contributed by atoms with van der Waals surface area (Å²) < 4.78 is 53.6. The number of hydrogen-bond donors (Lipinski definition) is 0. The number of alkyl halides is 3. The summed E-state index contributed by atoms with van der Waals surface area (Å²) in [6.07, 6.45) is -0.486. The molecule has 1 heterocycles. The largest absolute Gasteiger partial charge is 0.490 e. The van der Waals surface area contributed by atoms with Crippen LogP contribution in [0.25, 0.3) is 0 Å². The van der Waals surface area contributed by atoms with E-state index in [0.29, 0.717) is 49.0 Å². The lowest BCUT2D eigenvalue weighted by molar-refractivity contribution is -0.153. The van der Waals surface area contributed by atoms with Crippen LogP contribution in [0.1, 0.15) is 53.2 Å². The minimum atomic E-state index is -4.41. The SMILES string of the molecule is C[C@@H](CCCOc1ccccc1OCC(F)(F)F)Cc1cc(C#N)c2c(c1)CCN2CCCOC(=O)c1ccccc1. The molecule has 1 aliphatic heterocycles. The highest BCUT2D eigenvalue weighted by molar-refractivity contribution is 5.89. The van der Waals surface area contributed by atoms with Gasteiger partial charge < -0.3 is 19.1 Å². The number of carbonyl (C=O) groups excluding carboxylic acids is 1. The molecule has 0 unspecified atom stereocenters. The van der Waals surface area contributed by atoms with Crippen LogP contribution in [0, 0.1) is 17.2 Å². The number of nitriles is 1. The number of carbonyl (C=O) groups is 1. The van der Waals surface area contributed by atoms with E-state index in [1.54, 1.807) is 42.5 Å². The summed E-state index contributed by atoms with van der Waals surface area (Å²) in [6.45, 7) is 2.97. The van der Waals surface area contributed by atoms with Gasteiger partial charge in [-0.1, -0.05) is 43.3 Å². The average Bonchev–Trinajstić information content (AvgIpc) is 3.39. The minimum absolute atomic E-state index is 0.0762. The second kappa shape index (κ2) is 14.6. The molecule has 3 aromatic rings. The fourth-order valence-corrected chi connectivity index (χ4v) is 5.16. The van der Waals surface area contributed by atoms with Crippen LogP contribution in [0.4, 0.5) is 18.9 Å². The van der Waals surface area contributed by atoms with E-state index in [-0.39, 0.29) is 11.7 Å². The Morgan fingerprint density at radius 3 is 2.43 bits per heavy atom. The molecule has 9 heteroatoms. The lowest BCUT2D eigenvalue weighted by Gasteiger charge is -2.21. The summed E-state index contributed by atoms with van der Waals surface area (Å²) in [7, 11) is 0. The molecule has 222 valence electrons. The van der Waals surface area contributed by atoms with Crippen molar-refractivity contribution in [1.29, 1.82) is 5.26 Å². The first-order chi connectivity index (χ1) is 20.2. The first-order valence-electron chi connectivity index (χ1n) is 14.2. The molecule has 4 rings (SSSR count). The van der Waals surface area contributed by atoms with Crippen molar-refractivity contribution in [2.45, 2.75) is 45.2 Å². The number of halogens is 3. The van der Waals surface area contributed by atoms with Crippen molar-refractivity contribution in [3.05, 3.63) is 89.0 Å². The molecule has 0 spiro atoms. The molecule has 3 aromatic carbocycles. The molecule has 42 heavy (non-hydrogen) atoms. The van der Waals surface area contributed by atoms with Crippen LogP contribution in [0.3, 0.4) is 0 Å². The highest BCUT2D eigenvalue weighted by atomic mass is 19.4. The number of hydrogen-bond acceptors (Lipinski definition) is 6. The zero-order valence-corrected chi connectivity index (χ0v) is 23.7. The number of anilines is 1. The van der Waals surface area contributed by atoms with Gasteiger partial charge in [0.2, 0.25) is 0 Å². The third-order valence-electron chi connectivity index (χ3n) is 7.07. The molecule has 1 atom stereocenters. The van der Waals surface area contributed by atoms with Crippen molar-refractivity contribution in [2.75, 3.05) is 37.8 Å². The Kier molecular flexibility index (Phi) is 10.7. The van der Waals surface area contributed by atoms with Crippen molar-refractivity contribution in [3.8, 4) is 17.6 Å². The molecule has 0 N–H and O–H groups in total. The number of fused-ring (bicyclic) bond motifs is 1. The monoisotopic (exact) mass is 580 g/mol. The van der Waals surface area contributed by atoms with Gasteiger partial charge in [-0.25, -0.2) is 4.79 Å². The van der Waals surface area contributed by atoms with Gasteiger partial charge in [-0.15, -0.1) is 0 Å². The highest BCUT2D eigenvalue weighted by Gasteiger charge is 2.29.